The van der Waals surface area contributed by atoms with E-state index < -0.39 is 0 Å². The van der Waals surface area contributed by atoms with Crippen LogP contribution in [-0.4, -0.2) is 11.2 Å². The molecule has 76 valence electrons. The van der Waals surface area contributed by atoms with Crippen molar-refractivity contribution < 1.29 is 5.11 Å². The Bertz CT molecular complexity index is 264. The smallest absolute Gasteiger partial charge is 0.0724 e. The van der Waals surface area contributed by atoms with Crippen molar-refractivity contribution in [3.05, 3.63) is 42.0 Å². The van der Waals surface area contributed by atoms with E-state index in [1.54, 1.807) is 0 Å². The lowest BCUT2D eigenvalue weighted by Gasteiger charge is -2.02. The molecule has 1 N–H and O–H groups in total. The fraction of sp³-hybridized carbons (Fsp3) is 0.385. The summed E-state index contributed by atoms with van der Waals surface area (Å²) in [6.07, 6.45) is 6.62. The molecule has 0 aromatic heterocycles. The van der Waals surface area contributed by atoms with E-state index in [1.165, 1.54) is 0 Å². The Kier molecular flexibility index (Phi) is 5.02. The maximum absolute atomic E-state index is 9.55. The van der Waals surface area contributed by atoms with Gasteiger partial charge in [0.1, 0.15) is 0 Å². The molecule has 0 spiro atoms. The molecule has 0 aliphatic heterocycles. The number of hydrogen-bond donors (Lipinski definition) is 1. The standard InChI is InChI=1S/C13H18O/c1-2-3-9-13(14)11-10-12-7-5-4-6-8-12/h4-8,10-11,13-14H,2-3,9H2,1H3/b11-10+. The molecule has 1 nitrogen and oxygen atoms in total. The van der Waals surface area contributed by atoms with Gasteiger partial charge in [0.25, 0.3) is 0 Å². The van der Waals surface area contributed by atoms with Crippen LogP contribution in [0.15, 0.2) is 36.4 Å². The van der Waals surface area contributed by atoms with Crippen molar-refractivity contribution in [2.45, 2.75) is 32.3 Å². The molecule has 0 radical (unpaired) electrons. The lowest BCUT2D eigenvalue weighted by molar-refractivity contribution is 0.210. The zero-order chi connectivity index (χ0) is 10.2. The average molecular weight is 190 g/mol. The van der Waals surface area contributed by atoms with Gasteiger partial charge in [-0.25, -0.2) is 0 Å². The highest BCUT2D eigenvalue weighted by molar-refractivity contribution is 5.49. The van der Waals surface area contributed by atoms with E-state index in [-0.39, 0.29) is 6.10 Å². The van der Waals surface area contributed by atoms with Gasteiger partial charge in [0.2, 0.25) is 0 Å². The molecule has 1 aromatic carbocycles. The molecule has 1 rings (SSSR count). The largest absolute Gasteiger partial charge is 0.389 e. The molecule has 1 aromatic rings. The average Bonchev–Trinajstić information content (AvgIpc) is 2.25. The summed E-state index contributed by atoms with van der Waals surface area (Å²) in [5.74, 6) is 0. The molecule has 14 heavy (non-hydrogen) atoms. The van der Waals surface area contributed by atoms with Gasteiger partial charge in [0.15, 0.2) is 0 Å². The van der Waals surface area contributed by atoms with Crippen LogP contribution in [0.2, 0.25) is 0 Å². The van der Waals surface area contributed by atoms with Crippen LogP contribution in [0.5, 0.6) is 0 Å². The molecule has 1 heteroatoms. The predicted molar refractivity (Wildman–Crippen MR) is 61.0 cm³/mol. The summed E-state index contributed by atoms with van der Waals surface area (Å²) in [6, 6.07) is 10.0. The second kappa shape index (κ2) is 6.39. The first-order chi connectivity index (χ1) is 6.83. The first-order valence-corrected chi connectivity index (χ1v) is 5.24. The molecule has 0 fully saturated rings. The van der Waals surface area contributed by atoms with Gasteiger partial charge in [0.05, 0.1) is 6.10 Å². The van der Waals surface area contributed by atoms with E-state index in [1.807, 2.05) is 42.5 Å². The molecule has 0 amide bonds. The van der Waals surface area contributed by atoms with E-state index in [0.29, 0.717) is 0 Å². The number of hydrogen-bond acceptors (Lipinski definition) is 1. The van der Waals surface area contributed by atoms with Crippen LogP contribution in [0.1, 0.15) is 31.7 Å². The minimum atomic E-state index is -0.296. The van der Waals surface area contributed by atoms with Crippen LogP contribution in [0.25, 0.3) is 6.08 Å². The Morgan fingerprint density at radius 2 is 2.00 bits per heavy atom. The lowest BCUT2D eigenvalue weighted by atomic mass is 10.1. The summed E-state index contributed by atoms with van der Waals surface area (Å²) in [5, 5.41) is 9.55. The Labute approximate surface area is 86.1 Å². The van der Waals surface area contributed by atoms with Gasteiger partial charge in [0, 0.05) is 0 Å². The quantitative estimate of drug-likeness (QED) is 0.755. The summed E-state index contributed by atoms with van der Waals surface area (Å²) in [7, 11) is 0. The van der Waals surface area contributed by atoms with E-state index in [9.17, 15) is 5.11 Å². The minimum Gasteiger partial charge on any atom is -0.389 e. The molecule has 0 aliphatic rings. The van der Waals surface area contributed by atoms with Gasteiger partial charge >= 0.3 is 0 Å². The molecule has 1 unspecified atom stereocenters. The van der Waals surface area contributed by atoms with Crippen molar-refractivity contribution in [2.24, 2.45) is 0 Å². The number of aliphatic hydroxyl groups excluding tert-OH is 1. The van der Waals surface area contributed by atoms with Gasteiger partial charge in [-0.2, -0.15) is 0 Å². The van der Waals surface area contributed by atoms with E-state index >= 15 is 0 Å². The Hall–Kier alpha value is -1.08. The molecular formula is C13H18O. The zero-order valence-electron chi connectivity index (χ0n) is 8.69. The van der Waals surface area contributed by atoms with Crippen LogP contribution in [0.4, 0.5) is 0 Å². The number of unbranched alkanes of at least 4 members (excludes halogenated alkanes) is 1. The van der Waals surface area contributed by atoms with Crippen LogP contribution >= 0.6 is 0 Å². The monoisotopic (exact) mass is 190 g/mol. The topological polar surface area (TPSA) is 20.2 Å². The van der Waals surface area contributed by atoms with E-state index in [2.05, 4.69) is 6.92 Å². The SMILES string of the molecule is CCCCC(O)/C=C/c1ccccc1. The number of rotatable bonds is 5. The highest BCUT2D eigenvalue weighted by Gasteiger charge is 1.96. The van der Waals surface area contributed by atoms with Gasteiger partial charge in [-0.05, 0) is 12.0 Å². The Morgan fingerprint density at radius 1 is 1.29 bits per heavy atom. The highest BCUT2D eigenvalue weighted by Crippen LogP contribution is 2.06. The van der Waals surface area contributed by atoms with Crippen LogP contribution in [0.3, 0.4) is 0 Å². The summed E-state index contributed by atoms with van der Waals surface area (Å²) >= 11 is 0. The van der Waals surface area contributed by atoms with Crippen molar-refractivity contribution in [1.82, 2.24) is 0 Å². The maximum Gasteiger partial charge on any atom is 0.0724 e. The molecule has 0 bridgehead atoms. The normalized spacial score (nSPS) is 13.3. The van der Waals surface area contributed by atoms with Crippen molar-refractivity contribution >= 4 is 6.08 Å². The number of benzene rings is 1. The van der Waals surface area contributed by atoms with Crippen LogP contribution < -0.4 is 0 Å². The third-order valence-electron chi connectivity index (χ3n) is 2.16. The predicted octanol–water partition coefficient (Wildman–Crippen LogP) is 3.25. The van der Waals surface area contributed by atoms with Gasteiger partial charge < -0.3 is 5.11 Å². The summed E-state index contributed by atoms with van der Waals surface area (Å²) in [5.41, 5.74) is 1.14. The molecule has 0 saturated carbocycles. The molecule has 0 aliphatic carbocycles. The third-order valence-corrected chi connectivity index (χ3v) is 2.16. The number of aliphatic hydroxyl groups is 1. The highest BCUT2D eigenvalue weighted by atomic mass is 16.3. The fourth-order valence-corrected chi connectivity index (χ4v) is 1.30. The Morgan fingerprint density at radius 3 is 2.64 bits per heavy atom. The van der Waals surface area contributed by atoms with Gasteiger partial charge in [-0.3, -0.25) is 0 Å². The van der Waals surface area contributed by atoms with Crippen molar-refractivity contribution in [3.63, 3.8) is 0 Å². The Balaban J connectivity index is 2.39. The van der Waals surface area contributed by atoms with Crippen LogP contribution in [-0.2, 0) is 0 Å². The molecule has 0 saturated heterocycles. The van der Waals surface area contributed by atoms with Crippen molar-refractivity contribution in [3.8, 4) is 0 Å². The van der Waals surface area contributed by atoms with Gasteiger partial charge in [-0.15, -0.1) is 0 Å². The lowest BCUT2D eigenvalue weighted by Crippen LogP contribution is -2.00. The van der Waals surface area contributed by atoms with Crippen LogP contribution in [0, 0.1) is 0 Å². The van der Waals surface area contributed by atoms with Gasteiger partial charge in [-0.1, -0.05) is 62.2 Å². The summed E-state index contributed by atoms with van der Waals surface area (Å²) in [6.45, 7) is 2.13. The summed E-state index contributed by atoms with van der Waals surface area (Å²) < 4.78 is 0. The van der Waals surface area contributed by atoms with Crippen molar-refractivity contribution in [2.75, 3.05) is 0 Å². The molecule has 1 atom stereocenters. The van der Waals surface area contributed by atoms with Crippen molar-refractivity contribution in [1.29, 1.82) is 0 Å². The second-order valence-electron chi connectivity index (χ2n) is 3.48. The summed E-state index contributed by atoms with van der Waals surface area (Å²) in [4.78, 5) is 0. The first-order valence-electron chi connectivity index (χ1n) is 5.24. The second-order valence-corrected chi connectivity index (χ2v) is 3.48. The third kappa shape index (κ3) is 4.24. The zero-order valence-corrected chi connectivity index (χ0v) is 8.69. The van der Waals surface area contributed by atoms with E-state index in [0.717, 1.165) is 24.8 Å². The first kappa shape index (κ1) is 11.0. The fourth-order valence-electron chi connectivity index (χ4n) is 1.30. The minimum absolute atomic E-state index is 0.296. The molecular weight excluding hydrogens is 172 g/mol. The van der Waals surface area contributed by atoms with E-state index in [4.69, 9.17) is 0 Å². The molecule has 0 heterocycles. The maximum atomic E-state index is 9.55.